The molecule has 6 heteroatoms. The molecule has 2 aliphatic heterocycles. The lowest BCUT2D eigenvalue weighted by atomic mass is 9.96. The summed E-state index contributed by atoms with van der Waals surface area (Å²) in [5.41, 5.74) is 3.21. The zero-order valence-electron chi connectivity index (χ0n) is 15.0. The van der Waals surface area contributed by atoms with Crippen LogP contribution < -0.4 is 5.56 Å². The van der Waals surface area contributed by atoms with Crippen molar-refractivity contribution in [3.05, 3.63) is 45.7 Å². The van der Waals surface area contributed by atoms with Gasteiger partial charge in [0, 0.05) is 31.1 Å². The van der Waals surface area contributed by atoms with Gasteiger partial charge >= 0.3 is 5.97 Å². The van der Waals surface area contributed by atoms with Gasteiger partial charge in [-0.1, -0.05) is 18.2 Å². The van der Waals surface area contributed by atoms with Crippen molar-refractivity contribution >= 4 is 16.9 Å². The monoisotopic (exact) mass is 356 g/mol. The number of likely N-dealkylation sites (tertiary alicyclic amines) is 1. The topological polar surface area (TPSA) is 71.8 Å². The fourth-order valence-electron chi connectivity index (χ4n) is 4.35. The molecule has 1 fully saturated rings. The Kier molecular flexibility index (Phi) is 4.54. The molecule has 0 radical (unpaired) electrons. The quantitative estimate of drug-likeness (QED) is 0.843. The van der Waals surface area contributed by atoms with Crippen LogP contribution in [0.4, 0.5) is 0 Å². The minimum absolute atomic E-state index is 0.0197. The molecule has 2 aliphatic rings. The Morgan fingerprint density at radius 3 is 3.00 bits per heavy atom. The maximum absolute atomic E-state index is 12.6. The predicted octanol–water partition coefficient (Wildman–Crippen LogP) is 1.45. The number of piperidine rings is 1. The Morgan fingerprint density at radius 2 is 2.19 bits per heavy atom. The molecule has 0 aliphatic carbocycles. The number of benzene rings is 1. The first-order chi connectivity index (χ1) is 12.6. The van der Waals surface area contributed by atoms with E-state index in [2.05, 4.69) is 12.1 Å². The van der Waals surface area contributed by atoms with Crippen molar-refractivity contribution in [1.82, 2.24) is 9.47 Å². The molecule has 0 saturated carbocycles. The number of carbonyl (C=O) groups excluding carboxylic acids is 1. The number of rotatable bonds is 3. The number of hydrogen-bond donors (Lipinski definition) is 1. The van der Waals surface area contributed by atoms with Crippen LogP contribution in [-0.2, 0) is 29.0 Å². The third kappa shape index (κ3) is 2.93. The molecule has 0 unspecified atom stereocenters. The number of esters is 1. The molecule has 138 valence electrons. The molecule has 0 amide bonds. The smallest absolute Gasteiger partial charge is 0.323 e. The standard InChI is InChI=1S/C20H24N2O4/c1-26-20(25)17-11-15(23)7-9-21(17)12-14-10-18(24)22-8-3-5-13-4-2-6-16(14)19(13)22/h2,4,6,10,15,17,23H,3,5,7-9,11-12H2,1H3/t15-,17+/m0/s1. The summed E-state index contributed by atoms with van der Waals surface area (Å²) in [6, 6.07) is 7.42. The maximum Gasteiger partial charge on any atom is 0.323 e. The number of pyridine rings is 1. The molecule has 1 aromatic heterocycles. The fourth-order valence-corrected chi connectivity index (χ4v) is 4.35. The summed E-state index contributed by atoms with van der Waals surface area (Å²) in [6.07, 6.45) is 2.47. The number of methoxy groups -OCH3 is 1. The van der Waals surface area contributed by atoms with Crippen molar-refractivity contribution in [3.63, 3.8) is 0 Å². The molecule has 2 atom stereocenters. The van der Waals surface area contributed by atoms with E-state index in [1.54, 1.807) is 6.07 Å². The minimum atomic E-state index is -0.489. The van der Waals surface area contributed by atoms with E-state index in [1.165, 1.54) is 12.7 Å². The summed E-state index contributed by atoms with van der Waals surface area (Å²) >= 11 is 0. The SMILES string of the molecule is COC(=O)[C@H]1C[C@@H](O)CCN1Cc1cc(=O)n2c3c(cccc13)CCC2. The zero-order valence-corrected chi connectivity index (χ0v) is 15.0. The Labute approximate surface area is 152 Å². The highest BCUT2D eigenvalue weighted by molar-refractivity contribution is 5.86. The van der Waals surface area contributed by atoms with Crippen LogP contribution in [0.1, 0.15) is 30.4 Å². The number of carbonyl (C=O) groups is 1. The molecular weight excluding hydrogens is 332 g/mol. The largest absolute Gasteiger partial charge is 0.468 e. The summed E-state index contributed by atoms with van der Waals surface area (Å²) < 4.78 is 6.79. The Balaban J connectivity index is 1.75. The van der Waals surface area contributed by atoms with Crippen molar-refractivity contribution in [1.29, 1.82) is 0 Å². The second-order valence-electron chi connectivity index (χ2n) is 7.26. The second kappa shape index (κ2) is 6.85. The molecule has 1 saturated heterocycles. The summed E-state index contributed by atoms with van der Waals surface area (Å²) in [6.45, 7) is 1.86. The average Bonchev–Trinajstić information content (AvgIpc) is 2.66. The predicted molar refractivity (Wildman–Crippen MR) is 98.0 cm³/mol. The van der Waals surface area contributed by atoms with Gasteiger partial charge in [-0.25, -0.2) is 0 Å². The van der Waals surface area contributed by atoms with E-state index in [4.69, 9.17) is 4.74 Å². The molecule has 2 aromatic rings. The first kappa shape index (κ1) is 17.2. The van der Waals surface area contributed by atoms with E-state index in [0.717, 1.165) is 35.9 Å². The Morgan fingerprint density at radius 1 is 1.35 bits per heavy atom. The molecule has 0 bridgehead atoms. The van der Waals surface area contributed by atoms with Crippen LogP contribution in [0.5, 0.6) is 0 Å². The molecule has 26 heavy (non-hydrogen) atoms. The van der Waals surface area contributed by atoms with Crippen molar-refractivity contribution in [2.24, 2.45) is 0 Å². The third-order valence-electron chi connectivity index (χ3n) is 5.66. The number of aromatic nitrogens is 1. The highest BCUT2D eigenvalue weighted by atomic mass is 16.5. The van der Waals surface area contributed by atoms with Gasteiger partial charge < -0.3 is 14.4 Å². The average molecular weight is 356 g/mol. The van der Waals surface area contributed by atoms with Gasteiger partial charge in [0.2, 0.25) is 0 Å². The summed E-state index contributed by atoms with van der Waals surface area (Å²) in [5.74, 6) is -0.330. The number of hydrogen-bond acceptors (Lipinski definition) is 5. The van der Waals surface area contributed by atoms with E-state index < -0.39 is 12.1 Å². The van der Waals surface area contributed by atoms with E-state index in [9.17, 15) is 14.7 Å². The lowest BCUT2D eigenvalue weighted by Gasteiger charge is -2.36. The molecule has 1 N–H and O–H groups in total. The van der Waals surface area contributed by atoms with Gasteiger partial charge in [-0.15, -0.1) is 0 Å². The zero-order chi connectivity index (χ0) is 18.3. The fraction of sp³-hybridized carbons (Fsp3) is 0.500. The maximum atomic E-state index is 12.6. The number of nitrogens with zero attached hydrogens (tertiary/aromatic N) is 2. The van der Waals surface area contributed by atoms with Crippen LogP contribution in [0.2, 0.25) is 0 Å². The van der Waals surface area contributed by atoms with Crippen molar-refractivity contribution in [2.75, 3.05) is 13.7 Å². The minimum Gasteiger partial charge on any atom is -0.468 e. The van der Waals surface area contributed by atoms with Gasteiger partial charge in [-0.05, 0) is 36.8 Å². The van der Waals surface area contributed by atoms with Gasteiger partial charge in [0.05, 0.1) is 18.7 Å². The molecule has 0 spiro atoms. The van der Waals surface area contributed by atoms with Crippen LogP contribution in [-0.4, -0.2) is 46.3 Å². The number of para-hydroxylation sites is 1. The number of ether oxygens (including phenoxy) is 1. The lowest BCUT2D eigenvalue weighted by molar-refractivity contribution is -0.150. The highest BCUT2D eigenvalue weighted by Crippen LogP contribution is 2.28. The Hall–Kier alpha value is -2.18. The van der Waals surface area contributed by atoms with Gasteiger partial charge in [0.1, 0.15) is 6.04 Å². The summed E-state index contributed by atoms with van der Waals surface area (Å²) in [4.78, 5) is 26.8. The first-order valence-electron chi connectivity index (χ1n) is 9.22. The van der Waals surface area contributed by atoms with Crippen LogP contribution in [0.3, 0.4) is 0 Å². The van der Waals surface area contributed by atoms with E-state index in [0.29, 0.717) is 25.9 Å². The van der Waals surface area contributed by atoms with Crippen LogP contribution in [0, 0.1) is 0 Å². The number of aliphatic hydroxyl groups excluding tert-OH is 1. The summed E-state index contributed by atoms with van der Waals surface area (Å²) in [7, 11) is 1.37. The van der Waals surface area contributed by atoms with Gasteiger partial charge in [0.25, 0.3) is 5.56 Å². The van der Waals surface area contributed by atoms with Gasteiger partial charge in [-0.2, -0.15) is 0 Å². The molecule has 4 rings (SSSR count). The molecular formula is C20H24N2O4. The van der Waals surface area contributed by atoms with Crippen LogP contribution in [0.15, 0.2) is 29.1 Å². The third-order valence-corrected chi connectivity index (χ3v) is 5.66. The molecule has 1 aromatic carbocycles. The normalized spacial score (nSPS) is 23.2. The Bertz CT molecular complexity index is 905. The first-order valence-corrected chi connectivity index (χ1v) is 9.22. The number of aryl methyl sites for hydroxylation is 2. The lowest BCUT2D eigenvalue weighted by Crippen LogP contribution is -2.48. The van der Waals surface area contributed by atoms with E-state index in [1.807, 2.05) is 15.5 Å². The molecule has 6 nitrogen and oxygen atoms in total. The van der Waals surface area contributed by atoms with Gasteiger partial charge in [-0.3, -0.25) is 14.5 Å². The van der Waals surface area contributed by atoms with E-state index in [-0.39, 0.29) is 11.5 Å². The van der Waals surface area contributed by atoms with Gasteiger partial charge in [0.15, 0.2) is 0 Å². The van der Waals surface area contributed by atoms with Crippen molar-refractivity contribution in [2.45, 2.75) is 50.9 Å². The second-order valence-corrected chi connectivity index (χ2v) is 7.26. The molecule has 3 heterocycles. The highest BCUT2D eigenvalue weighted by Gasteiger charge is 2.34. The van der Waals surface area contributed by atoms with Crippen molar-refractivity contribution < 1.29 is 14.6 Å². The summed E-state index contributed by atoms with van der Waals surface area (Å²) in [5, 5.41) is 11.0. The van der Waals surface area contributed by atoms with Crippen LogP contribution >= 0.6 is 0 Å². The van der Waals surface area contributed by atoms with Crippen molar-refractivity contribution in [3.8, 4) is 0 Å². The van der Waals surface area contributed by atoms with E-state index >= 15 is 0 Å². The van der Waals surface area contributed by atoms with Crippen LogP contribution in [0.25, 0.3) is 10.9 Å². The number of aliphatic hydroxyl groups is 1.